The normalized spacial score (nSPS) is 15.4. The standard InChI is InChI=1S/C14H32N2O/c1-9-13(3,4)16(7)11-12(15-10-2)14(5,6)17-8/h12,15H,9-11H2,1-8H3. The van der Waals surface area contributed by atoms with Gasteiger partial charge in [0.1, 0.15) is 0 Å². The largest absolute Gasteiger partial charge is 0.377 e. The van der Waals surface area contributed by atoms with E-state index in [2.05, 4.69) is 58.8 Å². The summed E-state index contributed by atoms with van der Waals surface area (Å²) in [6, 6.07) is 0.341. The van der Waals surface area contributed by atoms with Crippen LogP contribution in [0.1, 0.15) is 48.0 Å². The van der Waals surface area contributed by atoms with Crippen molar-refractivity contribution in [3.05, 3.63) is 0 Å². The third kappa shape index (κ3) is 4.94. The minimum absolute atomic E-state index is 0.145. The Balaban J connectivity index is 4.66. The van der Waals surface area contributed by atoms with Crippen molar-refractivity contribution in [1.82, 2.24) is 10.2 Å². The summed E-state index contributed by atoms with van der Waals surface area (Å²) in [6.45, 7) is 15.2. The summed E-state index contributed by atoms with van der Waals surface area (Å²) in [5.41, 5.74) is 0.0889. The van der Waals surface area contributed by atoms with E-state index in [0.717, 1.165) is 19.5 Å². The van der Waals surface area contributed by atoms with Gasteiger partial charge in [-0.1, -0.05) is 13.8 Å². The van der Waals surface area contributed by atoms with E-state index in [1.807, 2.05) is 0 Å². The van der Waals surface area contributed by atoms with Crippen LogP contribution in [-0.2, 0) is 4.74 Å². The van der Waals surface area contributed by atoms with Crippen LogP contribution in [0.25, 0.3) is 0 Å². The SMILES string of the molecule is CCNC(CN(C)C(C)(C)CC)C(C)(C)OC. The summed E-state index contributed by atoms with van der Waals surface area (Å²) in [5.74, 6) is 0. The molecule has 0 saturated carbocycles. The zero-order chi connectivity index (χ0) is 13.7. The number of ether oxygens (including phenoxy) is 1. The van der Waals surface area contributed by atoms with Gasteiger partial charge in [-0.2, -0.15) is 0 Å². The van der Waals surface area contributed by atoms with Crippen LogP contribution in [0.2, 0.25) is 0 Å². The van der Waals surface area contributed by atoms with Crippen LogP contribution in [0.5, 0.6) is 0 Å². The van der Waals surface area contributed by atoms with E-state index in [4.69, 9.17) is 4.74 Å². The molecular weight excluding hydrogens is 212 g/mol. The third-order valence-electron chi connectivity index (χ3n) is 4.17. The van der Waals surface area contributed by atoms with Crippen molar-refractivity contribution in [3.8, 4) is 0 Å². The fourth-order valence-electron chi connectivity index (χ4n) is 1.71. The molecule has 0 aromatic rings. The highest BCUT2D eigenvalue weighted by atomic mass is 16.5. The molecule has 0 fully saturated rings. The number of likely N-dealkylation sites (N-methyl/N-ethyl adjacent to an activating group) is 2. The quantitative estimate of drug-likeness (QED) is 0.710. The number of nitrogens with zero attached hydrogens (tertiary/aromatic N) is 1. The Kier molecular flexibility index (Phi) is 6.67. The van der Waals surface area contributed by atoms with Crippen molar-refractivity contribution < 1.29 is 4.74 Å². The molecule has 0 amide bonds. The van der Waals surface area contributed by atoms with Gasteiger partial charge in [-0.3, -0.25) is 4.90 Å². The van der Waals surface area contributed by atoms with E-state index in [1.165, 1.54) is 0 Å². The van der Waals surface area contributed by atoms with E-state index in [9.17, 15) is 0 Å². The molecule has 104 valence electrons. The summed E-state index contributed by atoms with van der Waals surface area (Å²) in [7, 11) is 3.98. The molecule has 3 nitrogen and oxygen atoms in total. The third-order valence-corrected chi connectivity index (χ3v) is 4.17. The lowest BCUT2D eigenvalue weighted by atomic mass is 9.94. The van der Waals surface area contributed by atoms with Crippen LogP contribution in [0.4, 0.5) is 0 Å². The molecule has 1 N–H and O–H groups in total. The van der Waals surface area contributed by atoms with Gasteiger partial charge in [-0.05, 0) is 47.7 Å². The van der Waals surface area contributed by atoms with E-state index in [0.29, 0.717) is 6.04 Å². The van der Waals surface area contributed by atoms with Crippen molar-refractivity contribution in [1.29, 1.82) is 0 Å². The highest BCUT2D eigenvalue weighted by Crippen LogP contribution is 2.20. The first-order valence-corrected chi connectivity index (χ1v) is 6.71. The van der Waals surface area contributed by atoms with Crippen molar-refractivity contribution in [3.63, 3.8) is 0 Å². The molecule has 0 radical (unpaired) electrons. The lowest BCUT2D eigenvalue weighted by Gasteiger charge is -2.41. The summed E-state index contributed by atoms with van der Waals surface area (Å²) in [5, 5.41) is 3.53. The maximum Gasteiger partial charge on any atom is 0.0787 e. The van der Waals surface area contributed by atoms with E-state index in [1.54, 1.807) is 7.11 Å². The number of rotatable bonds is 8. The van der Waals surface area contributed by atoms with Gasteiger partial charge >= 0.3 is 0 Å². The number of hydrogen-bond donors (Lipinski definition) is 1. The lowest BCUT2D eigenvalue weighted by Crippen LogP contribution is -2.56. The molecule has 0 aliphatic heterocycles. The Bertz CT molecular complexity index is 214. The summed E-state index contributed by atoms with van der Waals surface area (Å²) < 4.78 is 5.61. The molecule has 0 aromatic carbocycles. The van der Waals surface area contributed by atoms with Crippen molar-refractivity contribution in [2.24, 2.45) is 0 Å². The molecule has 3 heteroatoms. The predicted molar refractivity (Wildman–Crippen MR) is 75.6 cm³/mol. The Labute approximate surface area is 108 Å². The van der Waals surface area contributed by atoms with Gasteiger partial charge in [0.2, 0.25) is 0 Å². The lowest BCUT2D eigenvalue weighted by molar-refractivity contribution is -0.0258. The van der Waals surface area contributed by atoms with Crippen LogP contribution < -0.4 is 5.32 Å². The maximum absolute atomic E-state index is 5.61. The van der Waals surface area contributed by atoms with Crippen LogP contribution in [0, 0.1) is 0 Å². The molecule has 1 atom stereocenters. The monoisotopic (exact) mass is 244 g/mol. The molecule has 1 unspecified atom stereocenters. The van der Waals surface area contributed by atoms with Gasteiger partial charge in [-0.25, -0.2) is 0 Å². The summed E-state index contributed by atoms with van der Waals surface area (Å²) >= 11 is 0. The van der Waals surface area contributed by atoms with Crippen molar-refractivity contribution in [2.75, 3.05) is 27.2 Å². The summed E-state index contributed by atoms with van der Waals surface area (Å²) in [4.78, 5) is 2.42. The average molecular weight is 244 g/mol. The molecule has 0 aliphatic carbocycles. The first kappa shape index (κ1) is 16.9. The highest BCUT2D eigenvalue weighted by Gasteiger charge is 2.32. The summed E-state index contributed by atoms with van der Waals surface area (Å²) in [6.07, 6.45) is 1.15. The minimum atomic E-state index is -0.145. The minimum Gasteiger partial charge on any atom is -0.377 e. The molecule has 0 aromatic heterocycles. The molecule has 0 bridgehead atoms. The zero-order valence-corrected chi connectivity index (χ0v) is 13.1. The van der Waals surface area contributed by atoms with Gasteiger partial charge in [0.05, 0.1) is 5.60 Å². The predicted octanol–water partition coefficient (Wildman–Crippen LogP) is 2.51. The van der Waals surface area contributed by atoms with Crippen molar-refractivity contribution in [2.45, 2.75) is 65.1 Å². The second-order valence-electron chi connectivity index (χ2n) is 5.96. The number of methoxy groups -OCH3 is 1. The van der Waals surface area contributed by atoms with Crippen LogP contribution in [0.15, 0.2) is 0 Å². The van der Waals surface area contributed by atoms with Gasteiger partial charge in [0.15, 0.2) is 0 Å². The van der Waals surface area contributed by atoms with Gasteiger partial charge in [-0.15, -0.1) is 0 Å². The first-order valence-electron chi connectivity index (χ1n) is 6.71. The van der Waals surface area contributed by atoms with Crippen LogP contribution in [0.3, 0.4) is 0 Å². The number of nitrogens with one attached hydrogen (secondary N) is 1. The Morgan fingerprint density at radius 1 is 1.18 bits per heavy atom. The van der Waals surface area contributed by atoms with Gasteiger partial charge < -0.3 is 10.1 Å². The second-order valence-corrected chi connectivity index (χ2v) is 5.96. The molecule has 0 spiro atoms. The fourth-order valence-corrected chi connectivity index (χ4v) is 1.71. The van der Waals surface area contributed by atoms with E-state index in [-0.39, 0.29) is 11.1 Å². The molecule has 0 saturated heterocycles. The van der Waals surface area contributed by atoms with Crippen LogP contribution >= 0.6 is 0 Å². The second kappa shape index (κ2) is 6.72. The molecule has 0 rings (SSSR count). The van der Waals surface area contributed by atoms with E-state index < -0.39 is 0 Å². The Hall–Kier alpha value is -0.120. The highest BCUT2D eigenvalue weighted by molar-refractivity contribution is 4.90. The van der Waals surface area contributed by atoms with E-state index >= 15 is 0 Å². The maximum atomic E-state index is 5.61. The molecule has 17 heavy (non-hydrogen) atoms. The van der Waals surface area contributed by atoms with Gasteiger partial charge in [0, 0.05) is 25.2 Å². The molecule has 0 aliphatic rings. The van der Waals surface area contributed by atoms with Crippen LogP contribution in [-0.4, -0.2) is 49.3 Å². The topological polar surface area (TPSA) is 24.5 Å². The average Bonchev–Trinajstić information content (AvgIpc) is 2.28. The Morgan fingerprint density at radius 3 is 2.06 bits per heavy atom. The Morgan fingerprint density at radius 2 is 1.71 bits per heavy atom. The first-order chi connectivity index (χ1) is 7.71. The smallest absolute Gasteiger partial charge is 0.0787 e. The van der Waals surface area contributed by atoms with Gasteiger partial charge in [0.25, 0.3) is 0 Å². The number of hydrogen-bond acceptors (Lipinski definition) is 3. The molecular formula is C14H32N2O. The molecule has 0 heterocycles. The zero-order valence-electron chi connectivity index (χ0n) is 13.1. The van der Waals surface area contributed by atoms with Crippen molar-refractivity contribution >= 4 is 0 Å². The fraction of sp³-hybridized carbons (Fsp3) is 1.00.